The van der Waals surface area contributed by atoms with Gasteiger partial charge >= 0.3 is 0 Å². The maximum atomic E-state index is 4.74. The molecule has 0 N–H and O–H groups in total. The Labute approximate surface area is 178 Å². The van der Waals surface area contributed by atoms with E-state index in [-0.39, 0.29) is 0 Å². The van der Waals surface area contributed by atoms with Crippen LogP contribution in [-0.4, -0.2) is 14.4 Å². The summed E-state index contributed by atoms with van der Waals surface area (Å²) >= 11 is 0. The third-order valence-corrected chi connectivity index (χ3v) is 7.11. The molecule has 0 amide bonds. The van der Waals surface area contributed by atoms with Crippen molar-refractivity contribution in [1.82, 2.24) is 14.4 Å². The molecule has 0 bridgehead atoms. The molecule has 6 aromatic rings. The minimum atomic E-state index is 0.976. The molecule has 8 rings (SSSR count). The summed E-state index contributed by atoms with van der Waals surface area (Å²) in [6.45, 7) is 0. The van der Waals surface area contributed by atoms with Crippen LogP contribution in [0.25, 0.3) is 49.7 Å². The lowest BCUT2D eigenvalue weighted by atomic mass is 9.97. The molecule has 0 saturated carbocycles. The molecule has 2 aliphatic carbocycles. The number of nitrogens with zero attached hydrogens (tertiary/aromatic N) is 3. The molecular formula is C28H17N3. The fourth-order valence-corrected chi connectivity index (χ4v) is 5.75. The molecule has 2 aliphatic rings. The van der Waals surface area contributed by atoms with Gasteiger partial charge in [-0.05, 0) is 93.7 Å². The summed E-state index contributed by atoms with van der Waals surface area (Å²) in [4.78, 5) is 9.44. The monoisotopic (exact) mass is 395 g/mol. The van der Waals surface area contributed by atoms with Crippen molar-refractivity contribution in [2.75, 3.05) is 0 Å². The fraction of sp³-hybridized carbons (Fsp3) is 0.0714. The zero-order chi connectivity index (χ0) is 20.1. The second kappa shape index (κ2) is 5.38. The van der Waals surface area contributed by atoms with E-state index in [1.165, 1.54) is 55.3 Å². The van der Waals surface area contributed by atoms with Crippen LogP contribution in [0.2, 0.25) is 0 Å². The largest absolute Gasteiger partial charge is 0.298 e. The second-order valence-corrected chi connectivity index (χ2v) is 8.72. The number of hydrogen-bond acceptors (Lipinski definition) is 2. The van der Waals surface area contributed by atoms with E-state index in [4.69, 9.17) is 9.97 Å². The van der Waals surface area contributed by atoms with Gasteiger partial charge in [-0.1, -0.05) is 24.3 Å². The van der Waals surface area contributed by atoms with Gasteiger partial charge in [-0.15, -0.1) is 0 Å². The Morgan fingerprint density at radius 3 is 2.32 bits per heavy atom. The van der Waals surface area contributed by atoms with E-state index in [0.29, 0.717) is 0 Å². The lowest BCUT2D eigenvalue weighted by Crippen LogP contribution is -1.93. The van der Waals surface area contributed by atoms with E-state index in [1.54, 1.807) is 0 Å². The van der Waals surface area contributed by atoms with Gasteiger partial charge in [0.05, 0.1) is 11.0 Å². The molecule has 3 heteroatoms. The summed E-state index contributed by atoms with van der Waals surface area (Å²) in [5.74, 6) is 0. The number of benzene rings is 3. The Morgan fingerprint density at radius 1 is 0.613 bits per heavy atom. The molecule has 3 aromatic heterocycles. The lowest BCUT2D eigenvalue weighted by molar-refractivity contribution is 1.24. The third-order valence-electron chi connectivity index (χ3n) is 7.11. The first kappa shape index (κ1) is 15.8. The molecule has 0 spiro atoms. The molecule has 0 radical (unpaired) electrons. The number of aromatic nitrogens is 3. The van der Waals surface area contributed by atoms with Crippen LogP contribution in [0.3, 0.4) is 0 Å². The lowest BCUT2D eigenvalue weighted by Gasteiger charge is -2.10. The summed E-state index contributed by atoms with van der Waals surface area (Å²) in [6, 6.07) is 22.5. The molecule has 3 heterocycles. The van der Waals surface area contributed by atoms with Gasteiger partial charge in [0.1, 0.15) is 5.65 Å². The van der Waals surface area contributed by atoms with Crippen LogP contribution in [0.5, 0.6) is 0 Å². The number of fused-ring (bicyclic) bond motifs is 12. The minimum Gasteiger partial charge on any atom is -0.298 e. The Morgan fingerprint density at radius 2 is 1.39 bits per heavy atom. The molecule has 3 aromatic carbocycles. The van der Waals surface area contributed by atoms with Gasteiger partial charge in [0.25, 0.3) is 0 Å². The van der Waals surface area contributed by atoms with Crippen LogP contribution >= 0.6 is 0 Å². The first-order valence-electron chi connectivity index (χ1n) is 10.8. The van der Waals surface area contributed by atoms with Crippen LogP contribution in [0, 0.1) is 0 Å². The predicted octanol–water partition coefficient (Wildman–Crippen LogP) is 6.18. The molecule has 0 atom stereocenters. The molecule has 0 aliphatic heterocycles. The van der Waals surface area contributed by atoms with Crippen molar-refractivity contribution in [3.8, 4) is 22.3 Å². The van der Waals surface area contributed by atoms with E-state index in [9.17, 15) is 0 Å². The molecule has 3 nitrogen and oxygen atoms in total. The Bertz CT molecular complexity index is 1740. The van der Waals surface area contributed by atoms with E-state index in [0.717, 1.165) is 29.5 Å². The van der Waals surface area contributed by atoms with Crippen LogP contribution in [0.4, 0.5) is 0 Å². The van der Waals surface area contributed by atoms with Crippen LogP contribution in [0.15, 0.2) is 79.3 Å². The smallest absolute Gasteiger partial charge is 0.145 e. The molecule has 0 unspecified atom stereocenters. The Kier molecular flexibility index (Phi) is 2.74. The van der Waals surface area contributed by atoms with Gasteiger partial charge in [-0.25, -0.2) is 4.98 Å². The van der Waals surface area contributed by atoms with Crippen molar-refractivity contribution in [3.05, 3.63) is 102 Å². The summed E-state index contributed by atoms with van der Waals surface area (Å²) in [5, 5.41) is 2.37. The zero-order valence-electron chi connectivity index (χ0n) is 16.8. The second-order valence-electron chi connectivity index (χ2n) is 8.72. The maximum Gasteiger partial charge on any atom is 0.145 e. The summed E-state index contributed by atoms with van der Waals surface area (Å²) in [6.07, 6.45) is 7.80. The zero-order valence-corrected chi connectivity index (χ0v) is 16.8. The third kappa shape index (κ3) is 1.94. The van der Waals surface area contributed by atoms with Gasteiger partial charge in [0.2, 0.25) is 0 Å². The standard InChI is InChI=1S/C28H17N3/c1-2-5-20-16(4-1)10-17-13-22-18(12-21(17)20)11-19-14-24-25(15-23(19)22)28-30-8-9-31(28)26-6-3-7-29-27(24)26/h1-9,12-15H,10-11H2. The Balaban J connectivity index is 1.43. The van der Waals surface area contributed by atoms with Gasteiger partial charge in [0, 0.05) is 29.4 Å². The summed E-state index contributed by atoms with van der Waals surface area (Å²) in [5.41, 5.74) is 14.4. The maximum absolute atomic E-state index is 4.74. The van der Waals surface area contributed by atoms with Gasteiger partial charge in [-0.3, -0.25) is 9.38 Å². The van der Waals surface area contributed by atoms with Gasteiger partial charge in [-0.2, -0.15) is 0 Å². The van der Waals surface area contributed by atoms with Gasteiger partial charge < -0.3 is 0 Å². The molecule has 0 fully saturated rings. The number of imidazole rings is 1. The molecule has 31 heavy (non-hydrogen) atoms. The highest BCUT2D eigenvalue weighted by molar-refractivity contribution is 6.12. The average molecular weight is 395 g/mol. The fourth-order valence-electron chi connectivity index (χ4n) is 5.75. The average Bonchev–Trinajstić information content (AvgIpc) is 3.51. The van der Waals surface area contributed by atoms with Crippen LogP contribution in [0.1, 0.15) is 22.3 Å². The van der Waals surface area contributed by atoms with Crippen molar-refractivity contribution < 1.29 is 0 Å². The first-order valence-corrected chi connectivity index (χ1v) is 10.8. The molecule has 0 saturated heterocycles. The van der Waals surface area contributed by atoms with Crippen molar-refractivity contribution in [2.24, 2.45) is 0 Å². The number of hydrogen-bond donors (Lipinski definition) is 0. The van der Waals surface area contributed by atoms with Crippen molar-refractivity contribution in [2.45, 2.75) is 12.8 Å². The van der Waals surface area contributed by atoms with Crippen LogP contribution in [-0.2, 0) is 12.8 Å². The van der Waals surface area contributed by atoms with E-state index in [2.05, 4.69) is 59.0 Å². The number of rotatable bonds is 0. The highest BCUT2D eigenvalue weighted by atomic mass is 15.0. The van der Waals surface area contributed by atoms with Crippen molar-refractivity contribution in [1.29, 1.82) is 0 Å². The van der Waals surface area contributed by atoms with Crippen molar-refractivity contribution in [3.63, 3.8) is 0 Å². The highest BCUT2D eigenvalue weighted by Crippen LogP contribution is 2.46. The van der Waals surface area contributed by atoms with Gasteiger partial charge in [0.15, 0.2) is 0 Å². The Hall–Kier alpha value is -3.98. The topological polar surface area (TPSA) is 30.2 Å². The van der Waals surface area contributed by atoms with E-state index in [1.807, 2.05) is 24.7 Å². The SMILES string of the molecule is c1ccc2c(c1)Cc1cc3c(cc1-2)Cc1cc2c(cc1-3)c1nccn1c1cccnc21. The van der Waals surface area contributed by atoms with E-state index < -0.39 is 0 Å². The highest BCUT2D eigenvalue weighted by Gasteiger charge is 2.26. The molecule has 144 valence electrons. The minimum absolute atomic E-state index is 0.976. The van der Waals surface area contributed by atoms with Crippen LogP contribution < -0.4 is 0 Å². The normalized spacial score (nSPS) is 13.5. The quantitative estimate of drug-likeness (QED) is 0.287. The summed E-state index contributed by atoms with van der Waals surface area (Å²) < 4.78 is 2.16. The number of pyridine rings is 2. The summed E-state index contributed by atoms with van der Waals surface area (Å²) in [7, 11) is 0. The predicted molar refractivity (Wildman–Crippen MR) is 124 cm³/mol. The van der Waals surface area contributed by atoms with E-state index >= 15 is 0 Å². The first-order chi connectivity index (χ1) is 15.3. The molecular weight excluding hydrogens is 378 g/mol. The van der Waals surface area contributed by atoms with Crippen molar-refractivity contribution >= 4 is 27.5 Å².